The fourth-order valence-electron chi connectivity index (χ4n) is 6.90. The molecule has 2 saturated carbocycles. The Balaban J connectivity index is 1.71. The van der Waals surface area contributed by atoms with Gasteiger partial charge >= 0.3 is 5.97 Å². The van der Waals surface area contributed by atoms with Crippen LogP contribution in [0.15, 0.2) is 23.5 Å². The second-order valence-corrected chi connectivity index (χ2v) is 9.32. The van der Waals surface area contributed by atoms with E-state index in [9.17, 15) is 9.59 Å². The van der Waals surface area contributed by atoms with E-state index in [0.717, 1.165) is 12.0 Å². The topological polar surface area (TPSA) is 65.1 Å². The highest BCUT2D eigenvalue weighted by Crippen LogP contribution is 2.71. The number of Topliss-reactive ketones (excluding diaryl/α,β-unsaturated/α-hetero) is 1. The molecule has 0 amide bonds. The number of ketones is 1. The minimum atomic E-state index is -0.541. The fraction of sp³-hybridized carbons (Fsp3) is 0.714. The van der Waals surface area contributed by atoms with Crippen molar-refractivity contribution in [3.05, 3.63) is 23.5 Å². The number of carbonyl (C=O) groups is 2. The Morgan fingerprint density at radius 3 is 2.54 bits per heavy atom. The molecule has 5 nitrogen and oxygen atoms in total. The lowest BCUT2D eigenvalue weighted by atomic mass is 9.41. The van der Waals surface area contributed by atoms with Crippen LogP contribution in [0, 0.1) is 28.6 Å². The van der Waals surface area contributed by atoms with E-state index in [2.05, 4.69) is 27.7 Å². The monoisotopic (exact) mass is 358 g/mol. The first kappa shape index (κ1) is 16.5. The first-order valence-electron chi connectivity index (χ1n) is 9.59. The molecule has 0 unspecified atom stereocenters. The van der Waals surface area contributed by atoms with Gasteiger partial charge in [0.1, 0.15) is 11.7 Å². The van der Waals surface area contributed by atoms with Gasteiger partial charge in [0.25, 0.3) is 0 Å². The molecule has 1 saturated heterocycles. The molecule has 0 aromatic heterocycles. The number of rotatable bonds is 1. The average Bonchev–Trinajstić information content (AvgIpc) is 3.26. The molecule has 3 aliphatic carbocycles. The molecule has 140 valence electrons. The van der Waals surface area contributed by atoms with Gasteiger partial charge in [-0.25, -0.2) is 4.79 Å². The standard InChI is InChI=1S/C21H26O5/c1-10-6-12(24-5)18(23)19(2)11(10)7-15-20(3)13(19)8-16-21(4,26-16)14(20)9-17(22)25-15/h6,9-11,13,15-16H,7-8H2,1-5H3/t10-,11+,13-,15-,16+,19+,20-,21-/m1/s1. The summed E-state index contributed by atoms with van der Waals surface area (Å²) in [7, 11) is 1.57. The summed E-state index contributed by atoms with van der Waals surface area (Å²) in [5, 5.41) is 0. The Morgan fingerprint density at radius 1 is 1.12 bits per heavy atom. The Morgan fingerprint density at radius 2 is 1.85 bits per heavy atom. The molecule has 2 heterocycles. The van der Waals surface area contributed by atoms with Crippen LogP contribution in [0.5, 0.6) is 0 Å². The third kappa shape index (κ3) is 1.62. The van der Waals surface area contributed by atoms with Crippen molar-refractivity contribution in [1.29, 1.82) is 0 Å². The van der Waals surface area contributed by atoms with Crippen LogP contribution >= 0.6 is 0 Å². The maximum absolute atomic E-state index is 13.5. The smallest absolute Gasteiger partial charge is 0.331 e. The van der Waals surface area contributed by atoms with Crippen LogP contribution in [0.3, 0.4) is 0 Å². The van der Waals surface area contributed by atoms with Gasteiger partial charge in [-0.3, -0.25) is 4.79 Å². The summed E-state index contributed by atoms with van der Waals surface area (Å²) < 4.78 is 17.4. The Bertz CT molecular complexity index is 796. The summed E-state index contributed by atoms with van der Waals surface area (Å²) in [6, 6.07) is 0. The van der Waals surface area contributed by atoms with Crippen molar-refractivity contribution in [3.8, 4) is 0 Å². The lowest BCUT2D eigenvalue weighted by molar-refractivity contribution is -0.187. The first-order chi connectivity index (χ1) is 12.2. The van der Waals surface area contributed by atoms with Crippen molar-refractivity contribution in [2.45, 2.75) is 58.3 Å². The van der Waals surface area contributed by atoms with Gasteiger partial charge in [-0.15, -0.1) is 0 Å². The SMILES string of the molecule is COC1=C[C@@H](C)[C@@H]2C[C@H]3OC(=O)C=C4[C@@]3(C)[C@H](C[C@@H]3O[C@]43C)[C@@]2(C)C1=O. The largest absolute Gasteiger partial charge is 0.493 e. The zero-order valence-electron chi connectivity index (χ0n) is 16.0. The third-order valence-corrected chi connectivity index (χ3v) is 8.37. The normalized spacial score (nSPS) is 54.1. The van der Waals surface area contributed by atoms with Crippen molar-refractivity contribution in [2.24, 2.45) is 28.6 Å². The van der Waals surface area contributed by atoms with Crippen molar-refractivity contribution in [2.75, 3.05) is 7.11 Å². The molecule has 2 aliphatic heterocycles. The molecule has 8 atom stereocenters. The molecule has 0 N–H and O–H groups in total. The molecular formula is C21H26O5. The molecule has 5 heteroatoms. The Hall–Kier alpha value is -1.62. The third-order valence-electron chi connectivity index (χ3n) is 8.37. The van der Waals surface area contributed by atoms with Crippen LogP contribution < -0.4 is 0 Å². The van der Waals surface area contributed by atoms with Crippen LogP contribution in [0.25, 0.3) is 0 Å². The van der Waals surface area contributed by atoms with Gasteiger partial charge in [0.2, 0.25) is 5.78 Å². The minimum Gasteiger partial charge on any atom is -0.493 e. The zero-order chi connectivity index (χ0) is 18.6. The molecular weight excluding hydrogens is 332 g/mol. The molecule has 0 aromatic rings. The summed E-state index contributed by atoms with van der Waals surface area (Å²) in [5.74, 6) is 0.679. The van der Waals surface area contributed by atoms with Crippen molar-refractivity contribution in [1.82, 2.24) is 0 Å². The second kappa shape index (κ2) is 4.61. The van der Waals surface area contributed by atoms with Crippen LogP contribution in [0.4, 0.5) is 0 Å². The van der Waals surface area contributed by atoms with E-state index in [1.807, 2.05) is 6.08 Å². The van der Waals surface area contributed by atoms with Gasteiger partial charge in [-0.05, 0) is 49.2 Å². The van der Waals surface area contributed by atoms with Gasteiger partial charge < -0.3 is 14.2 Å². The van der Waals surface area contributed by atoms with Crippen LogP contribution in [-0.4, -0.2) is 36.7 Å². The fourth-order valence-corrected chi connectivity index (χ4v) is 6.90. The lowest BCUT2D eigenvalue weighted by Gasteiger charge is -2.63. The average molecular weight is 358 g/mol. The summed E-state index contributed by atoms with van der Waals surface area (Å²) in [6.45, 7) is 8.49. The van der Waals surface area contributed by atoms with Crippen molar-refractivity contribution < 1.29 is 23.8 Å². The maximum atomic E-state index is 13.5. The number of methoxy groups -OCH3 is 1. The van der Waals surface area contributed by atoms with Gasteiger partial charge in [-0.1, -0.05) is 20.8 Å². The van der Waals surface area contributed by atoms with E-state index in [0.29, 0.717) is 12.2 Å². The highest BCUT2D eigenvalue weighted by atomic mass is 16.6. The number of hydrogen-bond acceptors (Lipinski definition) is 5. The molecule has 0 bridgehead atoms. The molecule has 0 radical (unpaired) electrons. The highest BCUT2D eigenvalue weighted by Gasteiger charge is 2.75. The van der Waals surface area contributed by atoms with E-state index in [1.165, 1.54) is 0 Å². The van der Waals surface area contributed by atoms with Crippen LogP contribution in [-0.2, 0) is 23.8 Å². The highest BCUT2D eigenvalue weighted by molar-refractivity contribution is 6.00. The Kier molecular flexibility index (Phi) is 2.94. The second-order valence-electron chi connectivity index (χ2n) is 9.32. The van der Waals surface area contributed by atoms with E-state index in [-0.39, 0.29) is 52.7 Å². The van der Waals surface area contributed by atoms with E-state index >= 15 is 0 Å². The lowest BCUT2D eigenvalue weighted by Crippen LogP contribution is -2.66. The number of carbonyl (C=O) groups excluding carboxylic acids is 2. The molecule has 5 aliphatic rings. The molecule has 26 heavy (non-hydrogen) atoms. The number of ether oxygens (including phenoxy) is 3. The van der Waals surface area contributed by atoms with Crippen molar-refractivity contribution in [3.63, 3.8) is 0 Å². The number of hydrogen-bond donors (Lipinski definition) is 0. The number of esters is 1. The molecule has 0 spiro atoms. The van der Waals surface area contributed by atoms with Gasteiger partial charge in [0.15, 0.2) is 5.76 Å². The number of epoxide rings is 1. The zero-order valence-corrected chi connectivity index (χ0v) is 16.0. The predicted molar refractivity (Wildman–Crippen MR) is 92.9 cm³/mol. The minimum absolute atomic E-state index is 0.0625. The van der Waals surface area contributed by atoms with E-state index in [4.69, 9.17) is 14.2 Å². The predicted octanol–water partition coefficient (Wildman–Crippen LogP) is 2.80. The van der Waals surface area contributed by atoms with Gasteiger partial charge in [0, 0.05) is 16.9 Å². The summed E-state index contributed by atoms with van der Waals surface area (Å²) in [6.07, 6.45) is 4.98. The van der Waals surface area contributed by atoms with Crippen LogP contribution in [0.1, 0.15) is 40.5 Å². The quantitative estimate of drug-likeness (QED) is 0.533. The van der Waals surface area contributed by atoms with Crippen LogP contribution in [0.2, 0.25) is 0 Å². The molecule has 0 aromatic carbocycles. The first-order valence-corrected chi connectivity index (χ1v) is 9.59. The summed E-state index contributed by atoms with van der Waals surface area (Å²) >= 11 is 0. The molecule has 5 rings (SSSR count). The summed E-state index contributed by atoms with van der Waals surface area (Å²) in [5.41, 5.74) is -0.260. The van der Waals surface area contributed by atoms with Gasteiger partial charge in [-0.2, -0.15) is 0 Å². The Labute approximate surface area is 153 Å². The summed E-state index contributed by atoms with van der Waals surface area (Å²) in [4.78, 5) is 25.8. The number of fused-ring (bicyclic) bond motifs is 4. The maximum Gasteiger partial charge on any atom is 0.331 e. The van der Waals surface area contributed by atoms with E-state index < -0.39 is 5.41 Å². The number of allylic oxidation sites excluding steroid dienone is 2. The van der Waals surface area contributed by atoms with E-state index in [1.54, 1.807) is 13.2 Å². The van der Waals surface area contributed by atoms with Crippen molar-refractivity contribution >= 4 is 11.8 Å². The molecule has 3 fully saturated rings. The van der Waals surface area contributed by atoms with Gasteiger partial charge in [0.05, 0.1) is 13.2 Å².